The number of rotatable bonds is 5. The molecule has 2 heterocycles. The third kappa shape index (κ3) is 4.54. The molecule has 1 atom stereocenters. The molecule has 2 fully saturated rings. The van der Waals surface area contributed by atoms with Gasteiger partial charge in [0.25, 0.3) is 0 Å². The number of aromatic nitrogens is 2. The average Bonchev–Trinajstić information content (AvgIpc) is 2.63. The summed E-state index contributed by atoms with van der Waals surface area (Å²) in [4.78, 5) is 14.3. The van der Waals surface area contributed by atoms with Crippen LogP contribution in [0.1, 0.15) is 69.2 Å². The Kier molecular flexibility index (Phi) is 6.23. The lowest BCUT2D eigenvalue weighted by molar-refractivity contribution is 0.121. The molecule has 0 unspecified atom stereocenters. The highest BCUT2D eigenvalue weighted by Crippen LogP contribution is 2.30. The van der Waals surface area contributed by atoms with Gasteiger partial charge in [0.2, 0.25) is 0 Å². The van der Waals surface area contributed by atoms with Crippen LogP contribution >= 0.6 is 0 Å². The van der Waals surface area contributed by atoms with E-state index in [9.17, 15) is 0 Å². The molecule has 1 aliphatic heterocycles. The standard InChI is InChI=1S/C20H34N4/c1-16(23(2)3)18-9-11-24(12-10-18)15-17-13-21-20(22-14-17)19-7-5-4-6-8-19/h13-14,16,18-19H,4-12,15H2,1-3H3/t16-/m0/s1. The summed E-state index contributed by atoms with van der Waals surface area (Å²) in [6.45, 7) is 5.77. The molecule has 1 saturated carbocycles. The van der Waals surface area contributed by atoms with Crippen molar-refractivity contribution in [1.82, 2.24) is 19.8 Å². The van der Waals surface area contributed by atoms with Crippen molar-refractivity contribution in [1.29, 1.82) is 0 Å². The van der Waals surface area contributed by atoms with E-state index >= 15 is 0 Å². The Hall–Kier alpha value is -1.00. The number of hydrogen-bond donors (Lipinski definition) is 0. The van der Waals surface area contributed by atoms with E-state index in [4.69, 9.17) is 0 Å². The summed E-state index contributed by atoms with van der Waals surface area (Å²) >= 11 is 0. The summed E-state index contributed by atoms with van der Waals surface area (Å²) in [6.07, 6.45) is 13.4. The van der Waals surface area contributed by atoms with Crippen LogP contribution in [0.3, 0.4) is 0 Å². The normalized spacial score (nSPS) is 22.8. The van der Waals surface area contributed by atoms with Crippen molar-refractivity contribution < 1.29 is 0 Å². The molecule has 1 aromatic rings. The van der Waals surface area contributed by atoms with Crippen molar-refractivity contribution in [2.45, 2.75) is 70.4 Å². The first-order valence-electron chi connectivity index (χ1n) is 9.83. The first-order chi connectivity index (χ1) is 11.6. The lowest BCUT2D eigenvalue weighted by Crippen LogP contribution is -2.41. The number of hydrogen-bond acceptors (Lipinski definition) is 4. The van der Waals surface area contributed by atoms with Crippen LogP contribution in [0.2, 0.25) is 0 Å². The predicted octanol–water partition coefficient (Wildman–Crippen LogP) is 3.69. The fourth-order valence-corrected chi connectivity index (χ4v) is 4.29. The van der Waals surface area contributed by atoms with Crippen LogP contribution in [0.4, 0.5) is 0 Å². The Labute approximate surface area is 147 Å². The van der Waals surface area contributed by atoms with E-state index in [1.807, 2.05) is 0 Å². The molecule has 4 nitrogen and oxygen atoms in total. The van der Waals surface area contributed by atoms with Gasteiger partial charge < -0.3 is 4.90 Å². The Morgan fingerprint density at radius 3 is 2.25 bits per heavy atom. The van der Waals surface area contributed by atoms with Gasteiger partial charge in [-0.1, -0.05) is 19.3 Å². The number of piperidine rings is 1. The first-order valence-corrected chi connectivity index (χ1v) is 9.83. The van der Waals surface area contributed by atoms with Crippen molar-refractivity contribution in [2.24, 2.45) is 5.92 Å². The minimum absolute atomic E-state index is 0.607. The zero-order chi connectivity index (χ0) is 16.9. The summed E-state index contributed by atoms with van der Waals surface area (Å²) in [5.74, 6) is 2.52. The van der Waals surface area contributed by atoms with Crippen LogP contribution in [0.25, 0.3) is 0 Å². The van der Waals surface area contributed by atoms with Crippen LogP contribution in [0.5, 0.6) is 0 Å². The maximum atomic E-state index is 4.69. The molecular formula is C20H34N4. The molecule has 1 saturated heterocycles. The van der Waals surface area contributed by atoms with Gasteiger partial charge >= 0.3 is 0 Å². The zero-order valence-electron chi connectivity index (χ0n) is 15.7. The highest BCUT2D eigenvalue weighted by molar-refractivity contribution is 5.08. The van der Waals surface area contributed by atoms with Crippen LogP contribution in [-0.4, -0.2) is 53.0 Å². The Bertz CT molecular complexity index is 485. The molecule has 0 aromatic carbocycles. The van der Waals surface area contributed by atoms with Gasteiger partial charge in [-0.2, -0.15) is 0 Å². The Balaban J connectivity index is 1.48. The minimum atomic E-state index is 0.607. The smallest absolute Gasteiger partial charge is 0.131 e. The second-order valence-electron chi connectivity index (χ2n) is 8.10. The topological polar surface area (TPSA) is 32.3 Å². The monoisotopic (exact) mass is 330 g/mol. The van der Waals surface area contributed by atoms with Crippen molar-refractivity contribution in [3.63, 3.8) is 0 Å². The maximum absolute atomic E-state index is 4.69. The Morgan fingerprint density at radius 1 is 1.04 bits per heavy atom. The van der Waals surface area contributed by atoms with Crippen LogP contribution < -0.4 is 0 Å². The van der Waals surface area contributed by atoms with Crippen LogP contribution in [0.15, 0.2) is 12.4 Å². The van der Waals surface area contributed by atoms with E-state index in [0.717, 1.165) is 18.3 Å². The Morgan fingerprint density at radius 2 is 1.67 bits per heavy atom. The second-order valence-corrected chi connectivity index (χ2v) is 8.10. The summed E-state index contributed by atoms with van der Waals surface area (Å²) in [5.41, 5.74) is 1.27. The molecule has 3 rings (SSSR count). The van der Waals surface area contributed by atoms with Gasteiger partial charge in [0.05, 0.1) is 0 Å². The third-order valence-electron chi connectivity index (χ3n) is 6.23. The lowest BCUT2D eigenvalue weighted by atomic mass is 9.88. The van der Waals surface area contributed by atoms with Crippen molar-refractivity contribution in [3.8, 4) is 0 Å². The fraction of sp³-hybridized carbons (Fsp3) is 0.800. The van der Waals surface area contributed by atoms with E-state index < -0.39 is 0 Å². The summed E-state index contributed by atoms with van der Waals surface area (Å²) < 4.78 is 0. The minimum Gasteiger partial charge on any atom is -0.306 e. The number of likely N-dealkylation sites (tertiary alicyclic amines) is 1. The van der Waals surface area contributed by atoms with E-state index in [1.54, 1.807) is 0 Å². The summed E-state index contributed by atoms with van der Waals surface area (Å²) in [7, 11) is 4.39. The molecule has 4 heteroatoms. The average molecular weight is 331 g/mol. The van der Waals surface area contributed by atoms with Crippen molar-refractivity contribution in [3.05, 3.63) is 23.8 Å². The summed E-state index contributed by atoms with van der Waals surface area (Å²) in [6, 6.07) is 0.685. The van der Waals surface area contributed by atoms with E-state index in [1.165, 1.54) is 63.6 Å². The quantitative estimate of drug-likeness (QED) is 0.824. The van der Waals surface area contributed by atoms with Gasteiger partial charge in [0.1, 0.15) is 5.82 Å². The molecule has 24 heavy (non-hydrogen) atoms. The van der Waals surface area contributed by atoms with Crippen LogP contribution in [-0.2, 0) is 6.54 Å². The fourth-order valence-electron chi connectivity index (χ4n) is 4.29. The van der Waals surface area contributed by atoms with Gasteiger partial charge in [-0.25, -0.2) is 9.97 Å². The van der Waals surface area contributed by atoms with Gasteiger partial charge in [-0.15, -0.1) is 0 Å². The highest BCUT2D eigenvalue weighted by atomic mass is 15.1. The SMILES string of the molecule is C[C@@H](C1CCN(Cc2cnc(C3CCCCC3)nc2)CC1)N(C)C. The second kappa shape index (κ2) is 8.39. The van der Waals surface area contributed by atoms with Gasteiger partial charge in [-0.05, 0) is 65.7 Å². The van der Waals surface area contributed by atoms with E-state index in [0.29, 0.717) is 12.0 Å². The highest BCUT2D eigenvalue weighted by Gasteiger charge is 2.25. The molecular weight excluding hydrogens is 296 g/mol. The largest absolute Gasteiger partial charge is 0.306 e. The molecule has 1 aromatic heterocycles. The maximum Gasteiger partial charge on any atom is 0.131 e. The molecule has 1 aliphatic carbocycles. The third-order valence-corrected chi connectivity index (χ3v) is 6.23. The van der Waals surface area contributed by atoms with Gasteiger partial charge in [-0.3, -0.25) is 4.90 Å². The first kappa shape index (κ1) is 17.8. The molecule has 0 spiro atoms. The van der Waals surface area contributed by atoms with Gasteiger partial charge in [0, 0.05) is 36.5 Å². The molecule has 0 bridgehead atoms. The number of nitrogens with zero attached hydrogens (tertiary/aromatic N) is 4. The van der Waals surface area contributed by atoms with Crippen molar-refractivity contribution >= 4 is 0 Å². The van der Waals surface area contributed by atoms with Crippen LogP contribution in [0, 0.1) is 5.92 Å². The molecule has 0 N–H and O–H groups in total. The molecule has 2 aliphatic rings. The van der Waals surface area contributed by atoms with Crippen molar-refractivity contribution in [2.75, 3.05) is 27.2 Å². The van der Waals surface area contributed by atoms with Gasteiger partial charge in [0.15, 0.2) is 0 Å². The van der Waals surface area contributed by atoms with E-state index in [2.05, 4.69) is 53.2 Å². The molecule has 0 radical (unpaired) electrons. The summed E-state index contributed by atoms with van der Waals surface area (Å²) in [5, 5.41) is 0. The molecule has 0 amide bonds. The molecule has 134 valence electrons. The predicted molar refractivity (Wildman–Crippen MR) is 99.0 cm³/mol. The zero-order valence-corrected chi connectivity index (χ0v) is 15.7. The lowest BCUT2D eigenvalue weighted by Gasteiger charge is -2.37. The van der Waals surface area contributed by atoms with E-state index in [-0.39, 0.29) is 0 Å².